The summed E-state index contributed by atoms with van der Waals surface area (Å²) in [5.74, 6) is 1.86. The predicted molar refractivity (Wildman–Crippen MR) is 132 cm³/mol. The minimum absolute atomic E-state index is 0.0800. The van der Waals surface area contributed by atoms with E-state index in [1.807, 2.05) is 22.4 Å². The van der Waals surface area contributed by atoms with Crippen molar-refractivity contribution >= 4 is 40.3 Å². The Hall–Kier alpha value is -3.70. The second-order valence-electron chi connectivity index (χ2n) is 9.25. The molecule has 0 bridgehead atoms. The summed E-state index contributed by atoms with van der Waals surface area (Å²) in [5.41, 5.74) is 8.33. The highest BCUT2D eigenvalue weighted by molar-refractivity contribution is 6.36. The van der Waals surface area contributed by atoms with Crippen LogP contribution in [0, 0.1) is 0 Å². The van der Waals surface area contributed by atoms with Gasteiger partial charge in [-0.3, -0.25) is 9.67 Å². The Balaban J connectivity index is 1.47. The predicted octanol–water partition coefficient (Wildman–Crippen LogP) is 3.56. The number of pyridine rings is 1. The number of rotatable bonds is 6. The fourth-order valence-corrected chi connectivity index (χ4v) is 4.08. The molecule has 1 aliphatic rings. The van der Waals surface area contributed by atoms with Gasteiger partial charge in [-0.25, -0.2) is 9.97 Å². The van der Waals surface area contributed by atoms with Crippen LogP contribution in [0.4, 0.5) is 11.8 Å². The van der Waals surface area contributed by atoms with Crippen molar-refractivity contribution in [2.24, 2.45) is 12.8 Å². The van der Waals surface area contributed by atoms with Gasteiger partial charge in [0.2, 0.25) is 5.95 Å². The summed E-state index contributed by atoms with van der Waals surface area (Å²) in [6.45, 7) is 7.80. The molecule has 35 heavy (non-hydrogen) atoms. The number of ether oxygens (including phenoxy) is 2. The average Bonchev–Trinajstić information content (AvgIpc) is 3.34. The zero-order valence-corrected chi connectivity index (χ0v) is 20.6. The maximum atomic E-state index is 6.72. The van der Waals surface area contributed by atoms with Crippen LogP contribution in [0.5, 0.6) is 5.75 Å². The maximum absolute atomic E-state index is 6.72. The molecule has 1 aliphatic heterocycles. The number of hydrogen-bond acceptors (Lipinski definition) is 9. The van der Waals surface area contributed by atoms with E-state index in [1.165, 1.54) is 12.4 Å². The Kier molecular flexibility index (Phi) is 5.81. The van der Waals surface area contributed by atoms with Gasteiger partial charge >= 0.3 is 0 Å². The highest BCUT2D eigenvalue weighted by atomic mass is 35.5. The molecule has 12 heteroatoms. The summed E-state index contributed by atoms with van der Waals surface area (Å²) in [6.07, 6.45) is 7.47. The third kappa shape index (κ3) is 4.28. The molecule has 4 aromatic heterocycles. The van der Waals surface area contributed by atoms with Crippen molar-refractivity contribution in [1.82, 2.24) is 34.3 Å². The topological polar surface area (TPSA) is 131 Å². The number of nitrogens with zero attached hydrogens (tertiary/aromatic N) is 7. The molecule has 4 aromatic rings. The van der Waals surface area contributed by atoms with Crippen LogP contribution in [-0.2, 0) is 17.2 Å². The molecule has 0 spiro atoms. The number of anilines is 2. The second-order valence-corrected chi connectivity index (χ2v) is 9.63. The largest absolute Gasteiger partial charge is 0.450 e. The van der Waals surface area contributed by atoms with Crippen LogP contribution in [0.25, 0.3) is 16.9 Å². The summed E-state index contributed by atoms with van der Waals surface area (Å²) in [4.78, 5) is 17.3. The molecule has 3 N–H and O–H groups in total. The molecule has 0 aliphatic carbocycles. The quantitative estimate of drug-likeness (QED) is 0.385. The molecule has 0 radical (unpaired) electrons. The van der Waals surface area contributed by atoms with Gasteiger partial charge in [0.25, 0.3) is 0 Å². The molecule has 0 aromatic carbocycles. The molecular weight excluding hydrogens is 470 g/mol. The van der Waals surface area contributed by atoms with Crippen molar-refractivity contribution in [3.63, 3.8) is 0 Å². The molecule has 182 valence electrons. The fraction of sp³-hybridized carbons (Fsp3) is 0.348. The first-order valence-corrected chi connectivity index (χ1v) is 11.5. The first-order chi connectivity index (χ1) is 16.8. The maximum Gasteiger partial charge on any atom is 0.210 e. The summed E-state index contributed by atoms with van der Waals surface area (Å²) in [5, 5.41) is 8.44. The van der Waals surface area contributed by atoms with Crippen LogP contribution in [0.2, 0.25) is 5.02 Å². The van der Waals surface area contributed by atoms with E-state index in [2.05, 4.69) is 46.0 Å². The van der Waals surface area contributed by atoms with Gasteiger partial charge in [-0.1, -0.05) is 32.4 Å². The number of nitrogens with one attached hydrogen (secondary N) is 1. The van der Waals surface area contributed by atoms with Crippen LogP contribution >= 0.6 is 11.6 Å². The van der Waals surface area contributed by atoms with Crippen molar-refractivity contribution in [2.45, 2.75) is 32.2 Å². The van der Waals surface area contributed by atoms with Gasteiger partial charge < -0.3 is 25.1 Å². The van der Waals surface area contributed by atoms with Gasteiger partial charge in [-0.15, -0.1) is 0 Å². The van der Waals surface area contributed by atoms with Gasteiger partial charge in [0, 0.05) is 42.8 Å². The summed E-state index contributed by atoms with van der Waals surface area (Å²) in [7, 11) is 1.85. The lowest BCUT2D eigenvalue weighted by atomic mass is 9.91. The lowest BCUT2D eigenvalue weighted by Crippen LogP contribution is -2.34. The SMILES string of the molecule is Cn1c(Nc2cc(C(C)(C)C)n(C3COC3)n2)nc2ncc(O/C(=C/N)c3cnccn3)c(Cl)c21. The zero-order valence-electron chi connectivity index (χ0n) is 19.9. The van der Waals surface area contributed by atoms with Crippen LogP contribution in [0.3, 0.4) is 0 Å². The van der Waals surface area contributed by atoms with Crippen molar-refractivity contribution in [3.05, 3.63) is 53.5 Å². The number of halogens is 1. The van der Waals surface area contributed by atoms with Crippen LogP contribution < -0.4 is 15.8 Å². The van der Waals surface area contributed by atoms with Gasteiger partial charge in [-0.2, -0.15) is 10.1 Å². The molecule has 1 saturated heterocycles. The molecule has 0 saturated carbocycles. The number of aromatic nitrogens is 7. The third-order valence-electron chi connectivity index (χ3n) is 5.70. The molecule has 11 nitrogen and oxygen atoms in total. The minimum Gasteiger partial charge on any atom is -0.450 e. The van der Waals surface area contributed by atoms with Gasteiger partial charge in [-0.05, 0) is 0 Å². The molecule has 5 heterocycles. The van der Waals surface area contributed by atoms with Crippen LogP contribution in [0.15, 0.2) is 37.1 Å². The minimum atomic E-state index is -0.0800. The van der Waals surface area contributed by atoms with E-state index in [1.54, 1.807) is 18.6 Å². The average molecular weight is 496 g/mol. The van der Waals surface area contributed by atoms with Crippen molar-refractivity contribution < 1.29 is 9.47 Å². The Labute approximate surface area is 207 Å². The summed E-state index contributed by atoms with van der Waals surface area (Å²) < 4.78 is 15.2. The van der Waals surface area contributed by atoms with E-state index in [0.717, 1.165) is 5.69 Å². The first-order valence-electron chi connectivity index (χ1n) is 11.1. The highest BCUT2D eigenvalue weighted by Crippen LogP contribution is 2.36. The fourth-order valence-electron chi connectivity index (χ4n) is 3.79. The van der Waals surface area contributed by atoms with Gasteiger partial charge in [0.15, 0.2) is 23.0 Å². The van der Waals surface area contributed by atoms with E-state index in [4.69, 9.17) is 31.9 Å². The Bertz CT molecular complexity index is 1400. The second kappa shape index (κ2) is 8.82. The van der Waals surface area contributed by atoms with Crippen LogP contribution in [-0.4, -0.2) is 47.5 Å². The smallest absolute Gasteiger partial charge is 0.210 e. The molecule has 5 rings (SSSR count). The zero-order chi connectivity index (χ0) is 24.7. The van der Waals surface area contributed by atoms with E-state index in [0.29, 0.717) is 58.4 Å². The summed E-state index contributed by atoms with van der Waals surface area (Å²) in [6, 6.07) is 2.27. The molecule has 1 fully saturated rings. The van der Waals surface area contributed by atoms with Crippen molar-refractivity contribution in [1.29, 1.82) is 0 Å². The number of aryl methyl sites for hydroxylation is 1. The summed E-state index contributed by atoms with van der Waals surface area (Å²) >= 11 is 6.72. The van der Waals surface area contributed by atoms with Crippen molar-refractivity contribution in [2.75, 3.05) is 18.5 Å². The number of hydrogen-bond donors (Lipinski definition) is 2. The van der Waals surface area contributed by atoms with E-state index < -0.39 is 0 Å². The molecular formula is C23H26ClN9O2. The van der Waals surface area contributed by atoms with E-state index in [-0.39, 0.29) is 11.5 Å². The Morgan fingerprint density at radius 2 is 2.06 bits per heavy atom. The molecule has 0 unspecified atom stereocenters. The normalized spacial score (nSPS) is 14.8. The van der Waals surface area contributed by atoms with Gasteiger partial charge in [0.05, 0.1) is 31.6 Å². The standard InChI is InChI=1S/C23H26ClN9O2/c1-23(2,3)17-7-18(31-33(17)13-11-34-12-13)29-22-30-21-20(32(22)4)19(24)16(10-28-21)35-15(8-25)14-9-26-5-6-27-14/h5-10,13H,11-12,25H2,1-4H3,(H,28,29,30,31)/b15-8+. The van der Waals surface area contributed by atoms with E-state index in [9.17, 15) is 0 Å². The number of imidazole rings is 1. The number of nitrogens with two attached hydrogens (primary N) is 1. The van der Waals surface area contributed by atoms with Gasteiger partial charge in [0.1, 0.15) is 16.2 Å². The van der Waals surface area contributed by atoms with Crippen molar-refractivity contribution in [3.8, 4) is 5.75 Å². The molecule has 0 atom stereocenters. The lowest BCUT2D eigenvalue weighted by molar-refractivity contribution is -0.0306. The Morgan fingerprint density at radius 3 is 2.69 bits per heavy atom. The first kappa shape index (κ1) is 23.1. The lowest BCUT2D eigenvalue weighted by Gasteiger charge is -2.31. The third-order valence-corrected chi connectivity index (χ3v) is 6.07. The van der Waals surface area contributed by atoms with E-state index >= 15 is 0 Å². The molecule has 0 amide bonds. The monoisotopic (exact) mass is 495 g/mol. The highest BCUT2D eigenvalue weighted by Gasteiger charge is 2.29. The Morgan fingerprint density at radius 1 is 1.26 bits per heavy atom. The number of fused-ring (bicyclic) bond motifs is 1. The van der Waals surface area contributed by atoms with Crippen LogP contribution in [0.1, 0.15) is 38.2 Å².